The number of amides is 2. The Labute approximate surface area is 156 Å². The van der Waals surface area contributed by atoms with E-state index in [1.165, 1.54) is 24.3 Å². The fourth-order valence-electron chi connectivity index (χ4n) is 3.15. The van der Waals surface area contributed by atoms with Gasteiger partial charge < -0.3 is 9.57 Å². The molecular weight excluding hydrogens is 379 g/mol. The maximum absolute atomic E-state index is 12.7. The van der Waals surface area contributed by atoms with Crippen LogP contribution in [0.4, 0.5) is 13.2 Å². The van der Waals surface area contributed by atoms with Crippen molar-refractivity contribution in [3.63, 3.8) is 0 Å². The zero-order valence-electron chi connectivity index (χ0n) is 14.2. The van der Waals surface area contributed by atoms with Gasteiger partial charge in [0.2, 0.25) is 0 Å². The van der Waals surface area contributed by atoms with Gasteiger partial charge in [0, 0.05) is 0 Å². The third kappa shape index (κ3) is 2.98. The van der Waals surface area contributed by atoms with Crippen LogP contribution in [0, 0.1) is 0 Å². The molecule has 2 aliphatic rings. The van der Waals surface area contributed by atoms with Gasteiger partial charge in [0.15, 0.2) is 0 Å². The van der Waals surface area contributed by atoms with E-state index in [0.29, 0.717) is 17.9 Å². The number of hydrogen-bond acceptors (Lipinski definition) is 5. The van der Waals surface area contributed by atoms with Crippen LogP contribution in [0.15, 0.2) is 48.5 Å². The lowest BCUT2D eigenvalue weighted by atomic mass is 9.96. The van der Waals surface area contributed by atoms with Crippen molar-refractivity contribution in [2.75, 3.05) is 0 Å². The van der Waals surface area contributed by atoms with Crippen molar-refractivity contribution >= 4 is 17.8 Å². The minimum Gasteiger partial charge on any atom is -0.406 e. The number of nitrogens with zero attached hydrogens (tertiary/aromatic N) is 1. The van der Waals surface area contributed by atoms with Gasteiger partial charge in [0.25, 0.3) is 11.8 Å². The van der Waals surface area contributed by atoms with Crippen molar-refractivity contribution in [1.29, 1.82) is 0 Å². The van der Waals surface area contributed by atoms with E-state index in [-0.39, 0.29) is 16.7 Å². The van der Waals surface area contributed by atoms with E-state index in [0.717, 1.165) is 12.1 Å². The van der Waals surface area contributed by atoms with Crippen LogP contribution in [0.2, 0.25) is 0 Å². The van der Waals surface area contributed by atoms with Gasteiger partial charge in [-0.3, -0.25) is 9.59 Å². The van der Waals surface area contributed by atoms with E-state index < -0.39 is 35.3 Å². The van der Waals surface area contributed by atoms with E-state index in [1.54, 1.807) is 12.1 Å². The van der Waals surface area contributed by atoms with Crippen LogP contribution in [-0.2, 0) is 15.0 Å². The first-order valence-corrected chi connectivity index (χ1v) is 8.28. The Kier molecular flexibility index (Phi) is 3.91. The number of hydrogen-bond donors (Lipinski definition) is 0. The quantitative estimate of drug-likeness (QED) is 0.748. The molecule has 4 rings (SSSR count). The minimum atomic E-state index is -4.87. The lowest BCUT2D eigenvalue weighted by Gasteiger charge is -2.19. The van der Waals surface area contributed by atoms with Crippen LogP contribution < -0.4 is 4.74 Å². The van der Waals surface area contributed by atoms with Gasteiger partial charge in [0.1, 0.15) is 5.75 Å². The summed E-state index contributed by atoms with van der Waals surface area (Å²) in [6.07, 6.45) is -4.25. The molecule has 2 amide bonds. The molecular formula is C19H12F3NO5. The van der Waals surface area contributed by atoms with Crippen LogP contribution in [0.5, 0.6) is 5.75 Å². The molecule has 0 saturated heterocycles. The first-order valence-electron chi connectivity index (χ1n) is 8.28. The van der Waals surface area contributed by atoms with Crippen molar-refractivity contribution in [3.8, 4) is 5.75 Å². The number of imide groups is 1. The van der Waals surface area contributed by atoms with Crippen molar-refractivity contribution < 1.29 is 37.1 Å². The monoisotopic (exact) mass is 391 g/mol. The molecule has 1 fully saturated rings. The van der Waals surface area contributed by atoms with Crippen LogP contribution in [0.1, 0.15) is 39.1 Å². The Morgan fingerprint density at radius 2 is 1.57 bits per heavy atom. The molecule has 2 aromatic carbocycles. The number of halogens is 3. The zero-order valence-corrected chi connectivity index (χ0v) is 14.2. The van der Waals surface area contributed by atoms with Crippen LogP contribution in [0.25, 0.3) is 0 Å². The van der Waals surface area contributed by atoms with Crippen LogP contribution in [-0.4, -0.2) is 29.2 Å². The summed E-state index contributed by atoms with van der Waals surface area (Å²) in [5.74, 6) is -2.88. The molecule has 144 valence electrons. The zero-order chi connectivity index (χ0) is 20.1. The van der Waals surface area contributed by atoms with E-state index in [1.807, 2.05) is 0 Å². The maximum atomic E-state index is 12.7. The minimum absolute atomic E-state index is 0.116. The molecule has 0 atom stereocenters. The highest BCUT2D eigenvalue weighted by molar-refractivity contribution is 6.21. The van der Waals surface area contributed by atoms with Gasteiger partial charge in [-0.15, -0.1) is 13.2 Å². The number of carbonyl (C=O) groups excluding carboxylic acids is 3. The van der Waals surface area contributed by atoms with Gasteiger partial charge in [-0.05, 0) is 42.7 Å². The Morgan fingerprint density at radius 1 is 0.964 bits per heavy atom. The second kappa shape index (κ2) is 6.08. The van der Waals surface area contributed by atoms with Gasteiger partial charge >= 0.3 is 12.3 Å². The van der Waals surface area contributed by atoms with Gasteiger partial charge in [-0.25, -0.2) is 4.79 Å². The maximum Gasteiger partial charge on any atom is 0.573 e. The van der Waals surface area contributed by atoms with Crippen molar-refractivity contribution in [2.45, 2.75) is 24.6 Å². The second-order valence-electron chi connectivity index (χ2n) is 6.49. The molecule has 1 saturated carbocycles. The third-order valence-electron chi connectivity index (χ3n) is 4.69. The normalized spacial score (nSPS) is 17.3. The summed E-state index contributed by atoms with van der Waals surface area (Å²) in [4.78, 5) is 42.4. The standard InChI is InChI=1S/C19H12F3NO5/c20-19(21,22)27-12-5-3-4-11(10-12)18(8-9-18)17(26)28-23-15(24)13-6-1-2-7-14(13)16(23)25/h1-7,10H,8-9H2. The van der Waals surface area contributed by atoms with E-state index in [2.05, 4.69) is 4.74 Å². The molecule has 6 nitrogen and oxygen atoms in total. The number of benzene rings is 2. The van der Waals surface area contributed by atoms with Crippen LogP contribution in [0.3, 0.4) is 0 Å². The molecule has 0 radical (unpaired) electrons. The summed E-state index contributed by atoms with van der Waals surface area (Å²) in [5.41, 5.74) is -0.729. The molecule has 9 heteroatoms. The van der Waals surface area contributed by atoms with Gasteiger partial charge in [-0.1, -0.05) is 29.3 Å². The van der Waals surface area contributed by atoms with E-state index >= 15 is 0 Å². The SMILES string of the molecule is O=C1c2ccccc2C(=O)N1OC(=O)C1(c2cccc(OC(F)(F)F)c2)CC1. The summed E-state index contributed by atoms with van der Waals surface area (Å²) in [6, 6.07) is 11.0. The molecule has 28 heavy (non-hydrogen) atoms. The fourth-order valence-corrected chi connectivity index (χ4v) is 3.15. The second-order valence-corrected chi connectivity index (χ2v) is 6.49. The van der Waals surface area contributed by atoms with Gasteiger partial charge in [-0.2, -0.15) is 0 Å². The summed E-state index contributed by atoms with van der Waals surface area (Å²) in [6.45, 7) is 0. The summed E-state index contributed by atoms with van der Waals surface area (Å²) < 4.78 is 41.2. The van der Waals surface area contributed by atoms with Crippen molar-refractivity contribution in [2.24, 2.45) is 0 Å². The van der Waals surface area contributed by atoms with Crippen molar-refractivity contribution in [1.82, 2.24) is 5.06 Å². The largest absolute Gasteiger partial charge is 0.573 e. The number of fused-ring (bicyclic) bond motifs is 1. The lowest BCUT2D eigenvalue weighted by molar-refractivity contribution is -0.274. The first kappa shape index (κ1) is 18.0. The Hall–Kier alpha value is -3.36. The van der Waals surface area contributed by atoms with Crippen LogP contribution >= 0.6 is 0 Å². The first-order chi connectivity index (χ1) is 13.2. The highest BCUT2D eigenvalue weighted by Crippen LogP contribution is 2.50. The Bertz CT molecular complexity index is 962. The fraction of sp³-hybridized carbons (Fsp3) is 0.211. The van der Waals surface area contributed by atoms with E-state index in [9.17, 15) is 27.6 Å². The predicted octanol–water partition coefficient (Wildman–Crippen LogP) is 3.37. The smallest absolute Gasteiger partial charge is 0.406 e. The summed E-state index contributed by atoms with van der Waals surface area (Å²) >= 11 is 0. The number of ether oxygens (including phenoxy) is 1. The average Bonchev–Trinajstić information content (AvgIpc) is 3.42. The summed E-state index contributed by atoms with van der Waals surface area (Å²) in [5, 5.41) is 0.392. The molecule has 0 N–H and O–H groups in total. The topological polar surface area (TPSA) is 72.9 Å². The van der Waals surface area contributed by atoms with Crippen molar-refractivity contribution in [3.05, 3.63) is 65.2 Å². The number of alkyl halides is 3. The molecule has 0 unspecified atom stereocenters. The van der Waals surface area contributed by atoms with Gasteiger partial charge in [0.05, 0.1) is 16.5 Å². The lowest BCUT2D eigenvalue weighted by Crippen LogP contribution is -2.37. The Morgan fingerprint density at radius 3 is 2.11 bits per heavy atom. The summed E-state index contributed by atoms with van der Waals surface area (Å²) in [7, 11) is 0. The molecule has 0 aromatic heterocycles. The molecule has 1 aliphatic heterocycles. The molecule has 0 bridgehead atoms. The number of hydroxylamine groups is 2. The molecule has 0 spiro atoms. The average molecular weight is 391 g/mol. The molecule has 2 aromatic rings. The number of rotatable bonds is 4. The molecule has 1 aliphatic carbocycles. The van der Waals surface area contributed by atoms with E-state index in [4.69, 9.17) is 4.84 Å². The highest BCUT2D eigenvalue weighted by atomic mass is 19.4. The Balaban J connectivity index is 1.56. The third-order valence-corrected chi connectivity index (χ3v) is 4.69. The molecule has 1 heterocycles. The number of carbonyl (C=O) groups is 3. The highest BCUT2D eigenvalue weighted by Gasteiger charge is 2.55. The predicted molar refractivity (Wildman–Crippen MR) is 87.1 cm³/mol.